The second-order valence-electron chi connectivity index (χ2n) is 3.98. The Morgan fingerprint density at radius 1 is 1.43 bits per heavy atom. The van der Waals surface area contributed by atoms with Gasteiger partial charge in [0.25, 0.3) is 0 Å². The summed E-state index contributed by atoms with van der Waals surface area (Å²) in [6, 6.07) is 0. The van der Waals surface area contributed by atoms with Gasteiger partial charge in [0.1, 0.15) is 6.54 Å². The molecule has 14 heavy (non-hydrogen) atoms. The number of methoxy groups -OCH3 is 1. The predicted octanol–water partition coefficient (Wildman–Crippen LogP) is -0.371. The molecular formula is C10H21NO3. The number of hydrogen-bond donors (Lipinski definition) is 0. The minimum Gasteiger partial charge on any atom is -0.550 e. The molecule has 1 aliphatic heterocycles. The number of carboxylic acids is 1. The van der Waals surface area contributed by atoms with Gasteiger partial charge in [0.2, 0.25) is 0 Å². The highest BCUT2D eigenvalue weighted by Crippen LogP contribution is 2.15. The van der Waals surface area contributed by atoms with E-state index < -0.39 is 5.97 Å². The van der Waals surface area contributed by atoms with Gasteiger partial charge in [0.05, 0.1) is 26.7 Å². The zero-order chi connectivity index (χ0) is 11.0. The molecule has 4 heteroatoms. The molecule has 0 spiro atoms. The van der Waals surface area contributed by atoms with E-state index in [1.54, 1.807) is 7.11 Å². The molecule has 0 aromatic carbocycles. The lowest BCUT2D eigenvalue weighted by atomic mass is 10.4. The number of rotatable bonds is 3. The second kappa shape index (κ2) is 6.79. The maximum atomic E-state index is 8.89. The smallest absolute Gasteiger partial charge is 0.102 e. The van der Waals surface area contributed by atoms with Gasteiger partial charge < -0.3 is 19.1 Å². The molecule has 0 aliphatic carbocycles. The molecule has 0 amide bonds. The first-order valence-corrected chi connectivity index (χ1v) is 5.00. The monoisotopic (exact) mass is 203 g/mol. The molecule has 0 atom stereocenters. The Morgan fingerprint density at radius 2 is 1.86 bits per heavy atom. The molecule has 0 aromatic rings. The Hall–Kier alpha value is -0.610. The van der Waals surface area contributed by atoms with Gasteiger partial charge in [0, 0.05) is 25.9 Å². The highest BCUT2D eigenvalue weighted by atomic mass is 16.5. The fourth-order valence-corrected chi connectivity index (χ4v) is 1.63. The number of carbonyl (C=O) groups excluding carboxylic acids is 1. The summed E-state index contributed by atoms with van der Waals surface area (Å²) < 4.78 is 6.28. The van der Waals surface area contributed by atoms with E-state index in [0.29, 0.717) is 0 Å². The molecule has 0 radical (unpaired) electrons. The molecule has 1 rings (SSSR count). The molecular weight excluding hydrogens is 182 g/mol. The Bertz CT molecular complexity index is 161. The Kier molecular flexibility index (Phi) is 6.49. The number of nitrogens with zero attached hydrogens (tertiary/aromatic N) is 1. The van der Waals surface area contributed by atoms with E-state index in [0.717, 1.165) is 13.5 Å². The van der Waals surface area contributed by atoms with Gasteiger partial charge in [-0.25, -0.2) is 0 Å². The number of likely N-dealkylation sites (tertiary alicyclic amines) is 1. The molecule has 4 nitrogen and oxygen atoms in total. The van der Waals surface area contributed by atoms with Crippen LogP contribution < -0.4 is 5.11 Å². The van der Waals surface area contributed by atoms with Crippen molar-refractivity contribution >= 4 is 5.97 Å². The van der Waals surface area contributed by atoms with Crippen molar-refractivity contribution in [2.24, 2.45) is 0 Å². The van der Waals surface area contributed by atoms with Crippen molar-refractivity contribution < 1.29 is 19.1 Å². The van der Waals surface area contributed by atoms with Gasteiger partial charge in [-0.3, -0.25) is 0 Å². The van der Waals surface area contributed by atoms with Crippen LogP contribution in [0.4, 0.5) is 0 Å². The number of aliphatic carboxylic acids is 1. The lowest BCUT2D eigenvalue weighted by molar-refractivity contribution is -0.897. The lowest BCUT2D eigenvalue weighted by Crippen LogP contribution is -2.43. The second-order valence-corrected chi connectivity index (χ2v) is 3.98. The Morgan fingerprint density at radius 3 is 2.21 bits per heavy atom. The molecule has 1 aliphatic rings. The fourth-order valence-electron chi connectivity index (χ4n) is 1.63. The molecule has 84 valence electrons. The van der Waals surface area contributed by atoms with Crippen LogP contribution in [0.2, 0.25) is 0 Å². The van der Waals surface area contributed by atoms with Crippen molar-refractivity contribution in [2.75, 3.05) is 40.4 Å². The van der Waals surface area contributed by atoms with Gasteiger partial charge in [-0.15, -0.1) is 0 Å². The van der Waals surface area contributed by atoms with Crippen LogP contribution >= 0.6 is 0 Å². The Balaban J connectivity index is 0.000000364. The van der Waals surface area contributed by atoms with Gasteiger partial charge in [-0.2, -0.15) is 0 Å². The summed E-state index contributed by atoms with van der Waals surface area (Å²) in [6.07, 6.45) is 2.81. The quantitative estimate of drug-likeness (QED) is 0.588. The minimum atomic E-state index is -1.08. The van der Waals surface area contributed by atoms with Gasteiger partial charge >= 0.3 is 0 Å². The number of hydrogen-bond acceptors (Lipinski definition) is 3. The van der Waals surface area contributed by atoms with Crippen LogP contribution in [0.15, 0.2) is 0 Å². The van der Waals surface area contributed by atoms with Gasteiger partial charge in [0.15, 0.2) is 0 Å². The van der Waals surface area contributed by atoms with Gasteiger partial charge in [-0.05, 0) is 6.92 Å². The van der Waals surface area contributed by atoms with Crippen molar-refractivity contribution in [2.45, 2.75) is 19.8 Å². The third-order valence-electron chi connectivity index (χ3n) is 2.48. The van der Waals surface area contributed by atoms with E-state index in [2.05, 4.69) is 7.05 Å². The summed E-state index contributed by atoms with van der Waals surface area (Å²) in [6.45, 7) is 5.78. The van der Waals surface area contributed by atoms with E-state index in [1.807, 2.05) is 0 Å². The molecule has 0 aromatic heterocycles. The third-order valence-corrected chi connectivity index (χ3v) is 2.48. The largest absolute Gasteiger partial charge is 0.550 e. The SMILES string of the molecule is CC(=O)[O-].COCC[N+]1(C)CCCC1. The molecule has 0 saturated carbocycles. The molecule has 1 heterocycles. The number of quaternary nitrogens is 1. The minimum absolute atomic E-state index is 0.913. The maximum absolute atomic E-state index is 8.89. The van der Waals surface area contributed by atoms with Crippen LogP contribution in [0.25, 0.3) is 0 Å². The lowest BCUT2D eigenvalue weighted by Gasteiger charge is -2.28. The maximum Gasteiger partial charge on any atom is 0.102 e. The summed E-state index contributed by atoms with van der Waals surface area (Å²) >= 11 is 0. The predicted molar refractivity (Wildman–Crippen MR) is 52.6 cm³/mol. The number of carbonyl (C=O) groups is 1. The van der Waals surface area contributed by atoms with Crippen LogP contribution in [0, 0.1) is 0 Å². The first kappa shape index (κ1) is 13.4. The summed E-state index contributed by atoms with van der Waals surface area (Å²) in [7, 11) is 4.11. The van der Waals surface area contributed by atoms with Crippen LogP contribution in [-0.4, -0.2) is 50.9 Å². The first-order valence-electron chi connectivity index (χ1n) is 5.00. The number of likely N-dealkylation sites (N-methyl/N-ethyl adjacent to an activating group) is 1. The number of ether oxygens (including phenoxy) is 1. The van der Waals surface area contributed by atoms with Crippen molar-refractivity contribution in [3.8, 4) is 0 Å². The van der Waals surface area contributed by atoms with Crippen molar-refractivity contribution in [3.05, 3.63) is 0 Å². The standard InChI is InChI=1S/C8H18NO.C2H4O2/c1-9(7-8-10-2)5-3-4-6-9;1-2(3)4/h3-8H2,1-2H3;1H3,(H,3,4)/q+1;/p-1. The van der Waals surface area contributed by atoms with Gasteiger partial charge in [-0.1, -0.05) is 0 Å². The summed E-state index contributed by atoms with van der Waals surface area (Å²) in [5.41, 5.74) is 0. The van der Waals surface area contributed by atoms with Crippen LogP contribution in [0.5, 0.6) is 0 Å². The zero-order valence-corrected chi connectivity index (χ0v) is 9.41. The van der Waals surface area contributed by atoms with Crippen LogP contribution in [0.1, 0.15) is 19.8 Å². The first-order chi connectivity index (χ1) is 6.50. The summed E-state index contributed by atoms with van der Waals surface area (Å²) in [4.78, 5) is 8.89. The van der Waals surface area contributed by atoms with E-state index in [9.17, 15) is 0 Å². The van der Waals surface area contributed by atoms with E-state index in [1.165, 1.54) is 37.0 Å². The highest BCUT2D eigenvalue weighted by Gasteiger charge is 2.25. The van der Waals surface area contributed by atoms with Crippen LogP contribution in [-0.2, 0) is 9.53 Å². The number of carboxylic acid groups (broad SMARTS) is 1. The van der Waals surface area contributed by atoms with Crippen LogP contribution in [0.3, 0.4) is 0 Å². The molecule has 1 saturated heterocycles. The highest BCUT2D eigenvalue weighted by molar-refractivity contribution is 5.60. The van der Waals surface area contributed by atoms with Crippen molar-refractivity contribution in [1.29, 1.82) is 0 Å². The van der Waals surface area contributed by atoms with Crippen molar-refractivity contribution in [1.82, 2.24) is 0 Å². The van der Waals surface area contributed by atoms with Crippen molar-refractivity contribution in [3.63, 3.8) is 0 Å². The summed E-state index contributed by atoms with van der Waals surface area (Å²) in [5, 5.41) is 8.89. The molecule has 0 bridgehead atoms. The zero-order valence-electron chi connectivity index (χ0n) is 9.41. The normalized spacial score (nSPS) is 18.5. The third kappa shape index (κ3) is 6.86. The Labute approximate surface area is 86.1 Å². The average Bonchev–Trinajstić information content (AvgIpc) is 2.48. The summed E-state index contributed by atoms with van der Waals surface area (Å²) in [5.74, 6) is -1.08. The average molecular weight is 203 g/mol. The molecule has 0 N–H and O–H groups in total. The molecule has 0 unspecified atom stereocenters. The fraction of sp³-hybridized carbons (Fsp3) is 0.900. The van der Waals surface area contributed by atoms with E-state index in [4.69, 9.17) is 14.6 Å². The topological polar surface area (TPSA) is 49.4 Å². The van der Waals surface area contributed by atoms with E-state index >= 15 is 0 Å². The van der Waals surface area contributed by atoms with E-state index in [-0.39, 0.29) is 0 Å². The molecule has 1 fully saturated rings.